The van der Waals surface area contributed by atoms with Crippen LogP contribution in [0.3, 0.4) is 0 Å². The van der Waals surface area contributed by atoms with Crippen LogP contribution < -0.4 is 10.1 Å². The SMILES string of the molecule is CNC1=CC(=O)c2ccccc2OC1. The Kier molecular flexibility index (Phi) is 2.23. The second kappa shape index (κ2) is 3.54. The predicted octanol–water partition coefficient (Wildman–Crippen LogP) is 1.36. The molecule has 3 heteroatoms. The first kappa shape index (κ1) is 8.81. The quantitative estimate of drug-likeness (QED) is 0.725. The van der Waals surface area contributed by atoms with Crippen LogP contribution in [-0.4, -0.2) is 19.4 Å². The first-order valence-electron chi connectivity index (χ1n) is 4.46. The maximum atomic E-state index is 11.7. The number of hydrogen-bond acceptors (Lipinski definition) is 3. The minimum atomic E-state index is -0.0116. The van der Waals surface area contributed by atoms with E-state index in [0.717, 1.165) is 5.70 Å². The maximum absolute atomic E-state index is 11.7. The van der Waals surface area contributed by atoms with Crippen molar-refractivity contribution >= 4 is 5.78 Å². The van der Waals surface area contributed by atoms with Crippen LogP contribution in [-0.2, 0) is 0 Å². The molecule has 1 aliphatic heterocycles. The fraction of sp³-hybridized carbons (Fsp3) is 0.182. The lowest BCUT2D eigenvalue weighted by molar-refractivity contribution is 0.104. The molecule has 0 saturated carbocycles. The molecule has 1 aliphatic rings. The van der Waals surface area contributed by atoms with Crippen molar-refractivity contribution in [3.05, 3.63) is 41.6 Å². The number of allylic oxidation sites excluding steroid dienone is 1. The average Bonchev–Trinajstić information content (AvgIpc) is 2.39. The first-order chi connectivity index (χ1) is 6.81. The minimum absolute atomic E-state index is 0.0116. The minimum Gasteiger partial charge on any atom is -0.487 e. The molecule has 14 heavy (non-hydrogen) atoms. The van der Waals surface area contributed by atoms with Crippen LogP contribution in [0.1, 0.15) is 10.4 Å². The normalized spacial score (nSPS) is 14.9. The van der Waals surface area contributed by atoms with E-state index >= 15 is 0 Å². The van der Waals surface area contributed by atoms with E-state index < -0.39 is 0 Å². The van der Waals surface area contributed by atoms with Gasteiger partial charge in [0.2, 0.25) is 0 Å². The Morgan fingerprint density at radius 1 is 1.36 bits per heavy atom. The fourth-order valence-corrected chi connectivity index (χ4v) is 1.37. The summed E-state index contributed by atoms with van der Waals surface area (Å²) >= 11 is 0. The molecule has 2 rings (SSSR count). The summed E-state index contributed by atoms with van der Waals surface area (Å²) in [6.45, 7) is 0.416. The van der Waals surface area contributed by atoms with Crippen LogP contribution in [0.25, 0.3) is 0 Å². The molecule has 1 aromatic carbocycles. The lowest BCUT2D eigenvalue weighted by atomic mass is 10.1. The smallest absolute Gasteiger partial charge is 0.191 e. The van der Waals surface area contributed by atoms with Crippen LogP contribution in [0.4, 0.5) is 0 Å². The van der Waals surface area contributed by atoms with Gasteiger partial charge in [-0.1, -0.05) is 12.1 Å². The Hall–Kier alpha value is -1.77. The van der Waals surface area contributed by atoms with Crippen molar-refractivity contribution in [3.8, 4) is 5.75 Å². The number of likely N-dealkylation sites (N-methyl/N-ethyl adjacent to an activating group) is 1. The van der Waals surface area contributed by atoms with E-state index in [1.807, 2.05) is 12.1 Å². The summed E-state index contributed by atoms with van der Waals surface area (Å²) in [5.74, 6) is 0.640. The van der Waals surface area contributed by atoms with Gasteiger partial charge in [-0.05, 0) is 12.1 Å². The van der Waals surface area contributed by atoms with Crippen molar-refractivity contribution in [3.63, 3.8) is 0 Å². The summed E-state index contributed by atoms with van der Waals surface area (Å²) in [5.41, 5.74) is 1.42. The molecular weight excluding hydrogens is 178 g/mol. The number of benzene rings is 1. The van der Waals surface area contributed by atoms with Crippen LogP contribution in [0, 0.1) is 0 Å². The largest absolute Gasteiger partial charge is 0.487 e. The van der Waals surface area contributed by atoms with E-state index in [4.69, 9.17) is 4.74 Å². The number of para-hydroxylation sites is 1. The number of carbonyl (C=O) groups excluding carboxylic acids is 1. The number of rotatable bonds is 1. The van der Waals surface area contributed by atoms with Crippen molar-refractivity contribution in [1.82, 2.24) is 5.32 Å². The zero-order valence-corrected chi connectivity index (χ0v) is 7.91. The van der Waals surface area contributed by atoms with Gasteiger partial charge < -0.3 is 10.1 Å². The maximum Gasteiger partial charge on any atom is 0.191 e. The molecule has 0 unspecified atom stereocenters. The van der Waals surface area contributed by atoms with Crippen LogP contribution in [0.2, 0.25) is 0 Å². The van der Waals surface area contributed by atoms with Gasteiger partial charge >= 0.3 is 0 Å². The van der Waals surface area contributed by atoms with Crippen molar-refractivity contribution in [2.45, 2.75) is 0 Å². The fourth-order valence-electron chi connectivity index (χ4n) is 1.37. The van der Waals surface area contributed by atoms with Crippen LogP contribution in [0.5, 0.6) is 5.75 Å². The zero-order valence-electron chi connectivity index (χ0n) is 7.91. The number of ketones is 1. The molecule has 0 fully saturated rings. The molecule has 0 aromatic heterocycles. The summed E-state index contributed by atoms with van der Waals surface area (Å²) < 4.78 is 5.47. The van der Waals surface area contributed by atoms with Gasteiger partial charge in [0.1, 0.15) is 12.4 Å². The highest BCUT2D eigenvalue weighted by Gasteiger charge is 2.14. The Balaban J connectivity index is 2.42. The Morgan fingerprint density at radius 3 is 2.93 bits per heavy atom. The summed E-state index contributed by atoms with van der Waals surface area (Å²) in [7, 11) is 1.78. The second-order valence-corrected chi connectivity index (χ2v) is 3.07. The van der Waals surface area contributed by atoms with Crippen molar-refractivity contribution < 1.29 is 9.53 Å². The molecule has 1 aromatic rings. The Bertz CT molecular complexity index is 396. The van der Waals surface area contributed by atoms with E-state index in [2.05, 4.69) is 5.32 Å². The van der Waals surface area contributed by atoms with E-state index in [-0.39, 0.29) is 5.78 Å². The molecule has 0 radical (unpaired) electrons. The van der Waals surface area contributed by atoms with Gasteiger partial charge in [0.25, 0.3) is 0 Å². The average molecular weight is 189 g/mol. The highest BCUT2D eigenvalue weighted by Crippen LogP contribution is 2.21. The molecule has 0 atom stereocenters. The number of fused-ring (bicyclic) bond motifs is 1. The lowest BCUT2D eigenvalue weighted by Gasteiger charge is -2.06. The van der Waals surface area contributed by atoms with Crippen molar-refractivity contribution in [2.24, 2.45) is 0 Å². The molecule has 0 aliphatic carbocycles. The summed E-state index contributed by atoms with van der Waals surface area (Å²) in [6.07, 6.45) is 1.58. The van der Waals surface area contributed by atoms with Crippen LogP contribution in [0.15, 0.2) is 36.0 Å². The van der Waals surface area contributed by atoms with E-state index in [1.54, 1.807) is 25.3 Å². The summed E-state index contributed by atoms with van der Waals surface area (Å²) in [6, 6.07) is 7.27. The number of carbonyl (C=O) groups is 1. The third-order valence-corrected chi connectivity index (χ3v) is 2.16. The van der Waals surface area contributed by atoms with Gasteiger partial charge in [-0.15, -0.1) is 0 Å². The number of nitrogens with one attached hydrogen (secondary N) is 1. The first-order valence-corrected chi connectivity index (χ1v) is 4.46. The van der Waals surface area contributed by atoms with Gasteiger partial charge in [-0.25, -0.2) is 0 Å². The topological polar surface area (TPSA) is 38.3 Å². The van der Waals surface area contributed by atoms with E-state index in [9.17, 15) is 4.79 Å². The third-order valence-electron chi connectivity index (χ3n) is 2.16. The van der Waals surface area contributed by atoms with Gasteiger partial charge in [-0.3, -0.25) is 4.79 Å². The molecule has 1 N–H and O–H groups in total. The molecule has 72 valence electrons. The number of ether oxygens (including phenoxy) is 1. The predicted molar refractivity (Wildman–Crippen MR) is 53.4 cm³/mol. The third kappa shape index (κ3) is 1.48. The second-order valence-electron chi connectivity index (χ2n) is 3.07. The van der Waals surface area contributed by atoms with Gasteiger partial charge in [0.05, 0.1) is 11.3 Å². The lowest BCUT2D eigenvalue weighted by Crippen LogP contribution is -2.13. The van der Waals surface area contributed by atoms with Crippen LogP contribution >= 0.6 is 0 Å². The molecular formula is C11H11NO2. The highest BCUT2D eigenvalue weighted by atomic mass is 16.5. The van der Waals surface area contributed by atoms with Gasteiger partial charge in [0.15, 0.2) is 5.78 Å². The van der Waals surface area contributed by atoms with E-state index in [0.29, 0.717) is 17.9 Å². The molecule has 0 saturated heterocycles. The van der Waals surface area contributed by atoms with Crippen molar-refractivity contribution in [2.75, 3.05) is 13.7 Å². The van der Waals surface area contributed by atoms with Gasteiger partial charge in [-0.2, -0.15) is 0 Å². The number of hydrogen-bond donors (Lipinski definition) is 1. The molecule has 0 spiro atoms. The summed E-state index contributed by atoms with van der Waals surface area (Å²) in [5, 5.41) is 2.92. The monoisotopic (exact) mass is 189 g/mol. The molecule has 0 amide bonds. The van der Waals surface area contributed by atoms with E-state index in [1.165, 1.54) is 0 Å². The Morgan fingerprint density at radius 2 is 2.14 bits per heavy atom. The van der Waals surface area contributed by atoms with Crippen molar-refractivity contribution in [1.29, 1.82) is 0 Å². The summed E-state index contributed by atoms with van der Waals surface area (Å²) in [4.78, 5) is 11.7. The van der Waals surface area contributed by atoms with Gasteiger partial charge in [0, 0.05) is 13.1 Å². The Labute approximate surface area is 82.4 Å². The highest BCUT2D eigenvalue weighted by molar-refractivity contribution is 6.07. The standard InChI is InChI=1S/C11H11NO2/c1-12-8-6-10(13)9-4-2-3-5-11(9)14-7-8/h2-6,12H,7H2,1H3. The molecule has 3 nitrogen and oxygen atoms in total. The molecule has 0 bridgehead atoms. The zero-order chi connectivity index (χ0) is 9.97. The molecule has 1 heterocycles.